The summed E-state index contributed by atoms with van der Waals surface area (Å²) in [6.07, 6.45) is 5.59. The Balaban J connectivity index is 1.61. The van der Waals surface area contributed by atoms with Gasteiger partial charge in [-0.2, -0.15) is 0 Å². The predicted octanol–water partition coefficient (Wildman–Crippen LogP) is 3.30. The highest BCUT2D eigenvalue weighted by Crippen LogP contribution is 2.25. The number of benzene rings is 1. The van der Waals surface area contributed by atoms with Crippen molar-refractivity contribution in [2.24, 2.45) is 0 Å². The van der Waals surface area contributed by atoms with E-state index in [4.69, 9.17) is 4.42 Å². The largest absolute Gasteiger partial charge is 0.441 e. The van der Waals surface area contributed by atoms with Crippen LogP contribution < -0.4 is 5.32 Å². The lowest BCUT2D eigenvalue weighted by atomic mass is 10.2. The van der Waals surface area contributed by atoms with Gasteiger partial charge in [0.15, 0.2) is 11.7 Å². The first kappa shape index (κ1) is 13.2. The van der Waals surface area contributed by atoms with Crippen LogP contribution >= 0.6 is 0 Å². The minimum Gasteiger partial charge on any atom is -0.441 e. The van der Waals surface area contributed by atoms with Gasteiger partial charge in [0.1, 0.15) is 11.6 Å². The summed E-state index contributed by atoms with van der Waals surface area (Å²) in [5.41, 5.74) is 0.111. The summed E-state index contributed by atoms with van der Waals surface area (Å²) < 4.78 is 32.2. The van der Waals surface area contributed by atoms with E-state index in [1.54, 1.807) is 0 Å². The Morgan fingerprint density at radius 2 is 2.15 bits per heavy atom. The van der Waals surface area contributed by atoms with Crippen LogP contribution in [0.1, 0.15) is 25.2 Å². The van der Waals surface area contributed by atoms with Gasteiger partial charge in [0.25, 0.3) is 0 Å². The van der Waals surface area contributed by atoms with Crippen molar-refractivity contribution in [2.75, 3.05) is 6.54 Å². The fraction of sp³-hybridized carbons (Fsp3) is 0.400. The maximum atomic E-state index is 13.6. The van der Waals surface area contributed by atoms with E-state index < -0.39 is 11.6 Å². The zero-order chi connectivity index (χ0) is 13.9. The summed E-state index contributed by atoms with van der Waals surface area (Å²) in [6.45, 7) is 0.927. The maximum Gasteiger partial charge on any atom is 0.194 e. The molecule has 0 atom stereocenters. The topological polar surface area (TPSA) is 38.1 Å². The summed E-state index contributed by atoms with van der Waals surface area (Å²) in [7, 11) is 0. The molecular formula is C15H16F2N2O. The van der Waals surface area contributed by atoms with E-state index in [9.17, 15) is 8.78 Å². The molecule has 3 rings (SSSR count). The van der Waals surface area contributed by atoms with Gasteiger partial charge in [-0.25, -0.2) is 13.8 Å². The van der Waals surface area contributed by atoms with E-state index >= 15 is 0 Å². The minimum absolute atomic E-state index is 0.111. The first-order valence-corrected chi connectivity index (χ1v) is 6.86. The normalized spacial score (nSPS) is 14.7. The van der Waals surface area contributed by atoms with Gasteiger partial charge < -0.3 is 9.73 Å². The Hall–Kier alpha value is -1.75. The number of nitrogens with zero attached hydrogens (tertiary/aromatic N) is 1. The fourth-order valence-electron chi connectivity index (χ4n) is 2.07. The Morgan fingerprint density at radius 3 is 2.95 bits per heavy atom. The van der Waals surface area contributed by atoms with Crippen LogP contribution in [0.2, 0.25) is 0 Å². The fourth-order valence-corrected chi connectivity index (χ4v) is 2.07. The summed E-state index contributed by atoms with van der Waals surface area (Å²) in [5.74, 6) is -0.175. The Morgan fingerprint density at radius 1 is 1.30 bits per heavy atom. The minimum atomic E-state index is -0.510. The van der Waals surface area contributed by atoms with Crippen LogP contribution in [0.15, 0.2) is 28.8 Å². The highest BCUT2D eigenvalue weighted by molar-refractivity contribution is 5.57. The van der Waals surface area contributed by atoms with Gasteiger partial charge in [0.2, 0.25) is 0 Å². The first-order chi connectivity index (χ1) is 9.72. The second-order valence-electron chi connectivity index (χ2n) is 5.07. The predicted molar refractivity (Wildman–Crippen MR) is 71.2 cm³/mol. The van der Waals surface area contributed by atoms with Gasteiger partial charge in [-0.1, -0.05) is 0 Å². The van der Waals surface area contributed by atoms with Crippen LogP contribution in [0, 0.1) is 11.6 Å². The van der Waals surface area contributed by atoms with Crippen LogP contribution in [0.3, 0.4) is 0 Å². The molecule has 1 heterocycles. The van der Waals surface area contributed by atoms with E-state index in [-0.39, 0.29) is 11.3 Å². The number of aryl methyl sites for hydroxylation is 1. The SMILES string of the molecule is Fc1ccc(F)c(-c2cnc(CCCNC3CC3)o2)c1. The number of rotatable bonds is 6. The van der Waals surface area contributed by atoms with Crippen LogP contribution in [-0.2, 0) is 6.42 Å². The molecule has 5 heteroatoms. The third-order valence-electron chi connectivity index (χ3n) is 3.33. The molecule has 1 aliphatic carbocycles. The molecule has 0 radical (unpaired) electrons. The second-order valence-corrected chi connectivity index (χ2v) is 5.07. The molecule has 1 aromatic heterocycles. The maximum absolute atomic E-state index is 13.6. The van der Waals surface area contributed by atoms with E-state index in [0.717, 1.165) is 31.2 Å². The summed E-state index contributed by atoms with van der Waals surface area (Å²) in [6, 6.07) is 3.98. The molecule has 1 aliphatic rings. The Bertz CT molecular complexity index is 593. The quantitative estimate of drug-likeness (QED) is 0.824. The number of hydrogen-bond acceptors (Lipinski definition) is 3. The molecule has 2 aromatic rings. The third-order valence-corrected chi connectivity index (χ3v) is 3.33. The van der Waals surface area contributed by atoms with Crippen LogP contribution in [0.4, 0.5) is 8.78 Å². The van der Waals surface area contributed by atoms with Gasteiger partial charge in [0, 0.05) is 12.5 Å². The Labute approximate surface area is 116 Å². The lowest BCUT2D eigenvalue weighted by molar-refractivity contribution is 0.487. The van der Waals surface area contributed by atoms with Gasteiger partial charge in [0.05, 0.1) is 11.8 Å². The van der Waals surface area contributed by atoms with E-state index in [1.807, 2.05) is 0 Å². The van der Waals surface area contributed by atoms with Crippen molar-refractivity contribution in [1.29, 1.82) is 0 Å². The molecule has 1 N–H and O–H groups in total. The van der Waals surface area contributed by atoms with Crippen molar-refractivity contribution in [3.05, 3.63) is 41.9 Å². The van der Waals surface area contributed by atoms with Crippen molar-refractivity contribution in [1.82, 2.24) is 10.3 Å². The average Bonchev–Trinajstić information content (AvgIpc) is 3.15. The zero-order valence-corrected chi connectivity index (χ0v) is 11.0. The smallest absolute Gasteiger partial charge is 0.194 e. The summed E-state index contributed by atoms with van der Waals surface area (Å²) in [4.78, 5) is 4.11. The first-order valence-electron chi connectivity index (χ1n) is 6.86. The van der Waals surface area contributed by atoms with Crippen LogP contribution in [-0.4, -0.2) is 17.6 Å². The highest BCUT2D eigenvalue weighted by Gasteiger charge is 2.19. The second kappa shape index (κ2) is 5.71. The van der Waals surface area contributed by atoms with Gasteiger partial charge >= 0.3 is 0 Å². The molecule has 20 heavy (non-hydrogen) atoms. The molecule has 0 amide bonds. The van der Waals surface area contributed by atoms with Gasteiger partial charge in [-0.15, -0.1) is 0 Å². The molecule has 0 spiro atoms. The van der Waals surface area contributed by atoms with E-state index in [1.165, 1.54) is 19.0 Å². The zero-order valence-electron chi connectivity index (χ0n) is 11.0. The molecule has 3 nitrogen and oxygen atoms in total. The number of hydrogen-bond donors (Lipinski definition) is 1. The van der Waals surface area contributed by atoms with Crippen molar-refractivity contribution in [2.45, 2.75) is 31.7 Å². The van der Waals surface area contributed by atoms with E-state index in [0.29, 0.717) is 18.4 Å². The molecule has 0 unspecified atom stereocenters. The van der Waals surface area contributed by atoms with Crippen LogP contribution in [0.5, 0.6) is 0 Å². The average molecular weight is 278 g/mol. The summed E-state index contributed by atoms with van der Waals surface area (Å²) in [5, 5.41) is 3.40. The highest BCUT2D eigenvalue weighted by atomic mass is 19.1. The lowest BCUT2D eigenvalue weighted by Crippen LogP contribution is -2.17. The molecule has 106 valence electrons. The molecule has 1 aromatic carbocycles. The van der Waals surface area contributed by atoms with Crippen LogP contribution in [0.25, 0.3) is 11.3 Å². The molecule has 1 fully saturated rings. The molecule has 0 bridgehead atoms. The number of halogens is 2. The van der Waals surface area contributed by atoms with Gasteiger partial charge in [-0.05, 0) is 44.0 Å². The van der Waals surface area contributed by atoms with E-state index in [2.05, 4.69) is 10.3 Å². The standard InChI is InChI=1S/C15H16F2N2O/c16-10-3-6-13(17)12(8-10)14-9-19-15(20-14)2-1-7-18-11-4-5-11/h3,6,8-9,11,18H,1-2,4-5,7H2. The Kier molecular flexibility index (Phi) is 3.78. The van der Waals surface area contributed by atoms with Crippen molar-refractivity contribution in [3.8, 4) is 11.3 Å². The number of nitrogens with one attached hydrogen (secondary N) is 1. The molecular weight excluding hydrogens is 262 g/mol. The van der Waals surface area contributed by atoms with Crippen molar-refractivity contribution in [3.63, 3.8) is 0 Å². The van der Waals surface area contributed by atoms with Gasteiger partial charge in [-0.3, -0.25) is 0 Å². The molecule has 0 saturated heterocycles. The third kappa shape index (κ3) is 3.22. The molecule has 1 saturated carbocycles. The number of oxazole rings is 1. The molecule has 0 aliphatic heterocycles. The van der Waals surface area contributed by atoms with Crippen molar-refractivity contribution >= 4 is 0 Å². The summed E-state index contributed by atoms with van der Waals surface area (Å²) >= 11 is 0. The number of aromatic nitrogens is 1. The lowest BCUT2D eigenvalue weighted by Gasteiger charge is -2.00. The monoisotopic (exact) mass is 278 g/mol. The van der Waals surface area contributed by atoms with Crippen molar-refractivity contribution < 1.29 is 13.2 Å².